The Hall–Kier alpha value is -0.430. The van der Waals surface area contributed by atoms with Gasteiger partial charge in [0.25, 0.3) is 0 Å². The number of thiophene rings is 1. The van der Waals surface area contributed by atoms with Crippen LogP contribution >= 0.6 is 11.3 Å². The molecule has 2 heterocycles. The standard InChI is InChI=1S/C13H21NO3S2/c1-11(13-7-5-9-18-13)14(2)19(15,16)10-12-6-3-4-8-17-12/h5,7,9,11-12H,3-4,6,8,10H2,1-2H3/t11-,12-/m0/s1. The summed E-state index contributed by atoms with van der Waals surface area (Å²) in [6.45, 7) is 2.61. The Balaban J connectivity index is 2.01. The summed E-state index contributed by atoms with van der Waals surface area (Å²) in [4.78, 5) is 1.07. The second-order valence-corrected chi connectivity index (χ2v) is 8.03. The van der Waals surface area contributed by atoms with Gasteiger partial charge >= 0.3 is 0 Å². The minimum Gasteiger partial charge on any atom is -0.377 e. The molecule has 0 bridgehead atoms. The summed E-state index contributed by atoms with van der Waals surface area (Å²) in [5.41, 5.74) is 0. The van der Waals surface area contributed by atoms with Gasteiger partial charge in [0.2, 0.25) is 10.0 Å². The third-order valence-electron chi connectivity index (χ3n) is 3.61. The van der Waals surface area contributed by atoms with Crippen molar-refractivity contribution in [3.8, 4) is 0 Å². The monoisotopic (exact) mass is 303 g/mol. The van der Waals surface area contributed by atoms with Crippen molar-refractivity contribution in [1.82, 2.24) is 4.31 Å². The summed E-state index contributed by atoms with van der Waals surface area (Å²) in [7, 11) is -1.61. The quantitative estimate of drug-likeness (QED) is 0.840. The Morgan fingerprint density at radius 1 is 1.53 bits per heavy atom. The van der Waals surface area contributed by atoms with Gasteiger partial charge in [0.15, 0.2) is 0 Å². The van der Waals surface area contributed by atoms with E-state index in [-0.39, 0.29) is 17.9 Å². The lowest BCUT2D eigenvalue weighted by Crippen LogP contribution is -2.37. The Morgan fingerprint density at radius 3 is 2.89 bits per heavy atom. The fourth-order valence-corrected chi connectivity index (χ4v) is 4.70. The molecule has 0 amide bonds. The van der Waals surface area contributed by atoms with Gasteiger partial charge in [-0.1, -0.05) is 6.07 Å². The maximum absolute atomic E-state index is 12.4. The molecule has 0 aromatic carbocycles. The fraction of sp³-hybridized carbons (Fsp3) is 0.692. The molecule has 0 spiro atoms. The van der Waals surface area contributed by atoms with Crippen molar-refractivity contribution in [3.05, 3.63) is 22.4 Å². The summed E-state index contributed by atoms with van der Waals surface area (Å²) in [6.07, 6.45) is 2.81. The molecule has 0 N–H and O–H groups in total. The van der Waals surface area contributed by atoms with E-state index in [0.717, 1.165) is 24.1 Å². The van der Waals surface area contributed by atoms with Crippen molar-refractivity contribution in [3.63, 3.8) is 0 Å². The number of nitrogens with zero attached hydrogens (tertiary/aromatic N) is 1. The number of sulfonamides is 1. The average Bonchev–Trinajstić information content (AvgIpc) is 2.91. The van der Waals surface area contributed by atoms with Gasteiger partial charge in [-0.3, -0.25) is 0 Å². The van der Waals surface area contributed by atoms with Gasteiger partial charge in [-0.2, -0.15) is 4.31 Å². The van der Waals surface area contributed by atoms with Crippen molar-refractivity contribution in [2.75, 3.05) is 19.4 Å². The molecule has 19 heavy (non-hydrogen) atoms. The third-order valence-corrected chi connectivity index (χ3v) is 6.64. The maximum atomic E-state index is 12.4. The Kier molecular flexibility index (Phi) is 5.00. The van der Waals surface area contributed by atoms with Crippen LogP contribution in [0.5, 0.6) is 0 Å². The third kappa shape index (κ3) is 3.78. The molecule has 0 aliphatic carbocycles. The molecule has 0 radical (unpaired) electrons. The van der Waals surface area contributed by atoms with Crippen LogP contribution in [0, 0.1) is 0 Å². The highest BCUT2D eigenvalue weighted by Gasteiger charge is 2.29. The predicted octanol–water partition coefficient (Wildman–Crippen LogP) is 2.64. The largest absolute Gasteiger partial charge is 0.377 e. The van der Waals surface area contributed by atoms with E-state index in [9.17, 15) is 8.42 Å². The van der Waals surface area contributed by atoms with Crippen LogP contribution in [0.25, 0.3) is 0 Å². The first-order chi connectivity index (χ1) is 9.00. The van der Waals surface area contributed by atoms with Crippen LogP contribution in [0.15, 0.2) is 17.5 Å². The van der Waals surface area contributed by atoms with Crippen LogP contribution < -0.4 is 0 Å². The van der Waals surface area contributed by atoms with Gasteiger partial charge in [0, 0.05) is 18.5 Å². The second kappa shape index (κ2) is 6.35. The minimum atomic E-state index is -3.27. The van der Waals surface area contributed by atoms with E-state index in [2.05, 4.69) is 0 Å². The van der Waals surface area contributed by atoms with Crippen LogP contribution in [-0.4, -0.2) is 38.2 Å². The minimum absolute atomic E-state index is 0.0964. The van der Waals surface area contributed by atoms with Gasteiger partial charge in [-0.25, -0.2) is 8.42 Å². The first-order valence-corrected chi connectivity index (χ1v) is 9.10. The normalized spacial score (nSPS) is 22.6. The number of rotatable bonds is 5. The van der Waals surface area contributed by atoms with E-state index < -0.39 is 10.0 Å². The zero-order chi connectivity index (χ0) is 13.9. The van der Waals surface area contributed by atoms with Crippen LogP contribution in [0.1, 0.15) is 37.1 Å². The lowest BCUT2D eigenvalue weighted by molar-refractivity contribution is 0.0298. The second-order valence-electron chi connectivity index (χ2n) is 4.97. The molecule has 6 heteroatoms. The Bertz CT molecular complexity index is 478. The van der Waals surface area contributed by atoms with Crippen molar-refractivity contribution >= 4 is 21.4 Å². The van der Waals surface area contributed by atoms with Crippen molar-refractivity contribution in [2.24, 2.45) is 0 Å². The van der Waals surface area contributed by atoms with Crippen LogP contribution in [0.3, 0.4) is 0 Å². The number of hydrogen-bond acceptors (Lipinski definition) is 4. The van der Waals surface area contributed by atoms with Gasteiger partial charge in [0.1, 0.15) is 0 Å². The molecular formula is C13H21NO3S2. The smallest absolute Gasteiger partial charge is 0.216 e. The number of ether oxygens (including phenoxy) is 1. The molecular weight excluding hydrogens is 282 g/mol. The van der Waals surface area contributed by atoms with E-state index >= 15 is 0 Å². The van der Waals surface area contributed by atoms with Crippen LogP contribution in [0.2, 0.25) is 0 Å². The highest BCUT2D eigenvalue weighted by Crippen LogP contribution is 2.26. The van der Waals surface area contributed by atoms with Crippen LogP contribution in [-0.2, 0) is 14.8 Å². The molecule has 1 fully saturated rings. The molecule has 1 aromatic heterocycles. The molecule has 0 unspecified atom stereocenters. The highest BCUT2D eigenvalue weighted by atomic mass is 32.2. The molecule has 1 saturated heterocycles. The van der Waals surface area contributed by atoms with Crippen molar-refractivity contribution in [1.29, 1.82) is 0 Å². The van der Waals surface area contributed by atoms with Crippen molar-refractivity contribution in [2.45, 2.75) is 38.3 Å². The predicted molar refractivity (Wildman–Crippen MR) is 77.9 cm³/mol. The maximum Gasteiger partial charge on any atom is 0.216 e. The van der Waals surface area contributed by atoms with E-state index in [1.807, 2.05) is 24.4 Å². The zero-order valence-corrected chi connectivity index (χ0v) is 13.0. The summed E-state index contributed by atoms with van der Waals surface area (Å²) < 4.78 is 31.8. The molecule has 4 nitrogen and oxygen atoms in total. The fourth-order valence-electron chi connectivity index (χ4n) is 2.24. The topological polar surface area (TPSA) is 46.6 Å². The zero-order valence-electron chi connectivity index (χ0n) is 11.4. The molecule has 2 atom stereocenters. The SMILES string of the molecule is C[C@@H](c1cccs1)N(C)S(=O)(=O)C[C@@H]1CCCCO1. The molecule has 1 aromatic rings. The van der Waals surface area contributed by atoms with E-state index in [1.54, 1.807) is 18.4 Å². The van der Waals surface area contributed by atoms with Crippen molar-refractivity contribution < 1.29 is 13.2 Å². The van der Waals surface area contributed by atoms with Gasteiger partial charge < -0.3 is 4.74 Å². The summed E-state index contributed by atoms with van der Waals surface area (Å²) in [6, 6.07) is 3.80. The van der Waals surface area contributed by atoms with E-state index in [1.165, 1.54) is 4.31 Å². The average molecular weight is 303 g/mol. The molecule has 0 saturated carbocycles. The van der Waals surface area contributed by atoms with Gasteiger partial charge in [-0.15, -0.1) is 11.3 Å². The Morgan fingerprint density at radius 2 is 2.32 bits per heavy atom. The molecule has 108 valence electrons. The van der Waals surface area contributed by atoms with Crippen LogP contribution in [0.4, 0.5) is 0 Å². The van der Waals surface area contributed by atoms with Gasteiger partial charge in [0.05, 0.1) is 17.9 Å². The molecule has 1 aliphatic heterocycles. The molecule has 2 rings (SSSR count). The number of hydrogen-bond donors (Lipinski definition) is 0. The van der Waals surface area contributed by atoms with E-state index in [0.29, 0.717) is 6.61 Å². The van der Waals surface area contributed by atoms with Gasteiger partial charge in [-0.05, 0) is 37.6 Å². The lowest BCUT2D eigenvalue weighted by atomic mass is 10.1. The summed E-state index contributed by atoms with van der Waals surface area (Å²) in [5, 5.41) is 1.97. The first kappa shape index (κ1) is 15.0. The Labute approximate surface area is 119 Å². The highest BCUT2D eigenvalue weighted by molar-refractivity contribution is 7.89. The summed E-state index contributed by atoms with van der Waals surface area (Å²) in [5.74, 6) is 0.0964. The van der Waals surface area contributed by atoms with E-state index in [4.69, 9.17) is 4.74 Å². The lowest BCUT2D eigenvalue weighted by Gasteiger charge is -2.28. The molecule has 1 aliphatic rings. The first-order valence-electron chi connectivity index (χ1n) is 6.61. The summed E-state index contributed by atoms with van der Waals surface area (Å²) >= 11 is 1.58.